The van der Waals surface area contributed by atoms with Gasteiger partial charge in [-0.25, -0.2) is 13.8 Å². The number of halogens is 2. The summed E-state index contributed by atoms with van der Waals surface area (Å²) in [4.78, 5) is 18.6. The first-order valence-electron chi connectivity index (χ1n) is 8.71. The number of alkyl halides is 1. The SMILES string of the molecule is Cc1c(-c2ccc3nc(N)c(C(=O)[C@@H]4C[C@@H]4F)n3c2)cc(F)cc1N(C)C. The van der Waals surface area contributed by atoms with Gasteiger partial charge in [0.1, 0.15) is 23.3 Å². The Morgan fingerprint density at radius 3 is 2.67 bits per heavy atom. The fourth-order valence-corrected chi connectivity index (χ4v) is 3.51. The topological polar surface area (TPSA) is 63.6 Å². The molecule has 4 rings (SSSR count). The van der Waals surface area contributed by atoms with Gasteiger partial charge in [-0.1, -0.05) is 0 Å². The first-order valence-corrected chi connectivity index (χ1v) is 8.71. The van der Waals surface area contributed by atoms with Gasteiger partial charge in [0.25, 0.3) is 0 Å². The van der Waals surface area contributed by atoms with Gasteiger partial charge in [0.2, 0.25) is 0 Å². The lowest BCUT2D eigenvalue weighted by atomic mass is 9.99. The van der Waals surface area contributed by atoms with Crippen LogP contribution in [0.15, 0.2) is 30.5 Å². The summed E-state index contributed by atoms with van der Waals surface area (Å²) in [7, 11) is 3.70. The molecule has 0 saturated heterocycles. The van der Waals surface area contributed by atoms with Gasteiger partial charge in [-0.2, -0.15) is 0 Å². The average molecular weight is 370 g/mol. The molecule has 27 heavy (non-hydrogen) atoms. The first kappa shape index (κ1) is 17.5. The Bertz CT molecular complexity index is 1070. The van der Waals surface area contributed by atoms with Gasteiger partial charge in [0, 0.05) is 26.0 Å². The van der Waals surface area contributed by atoms with E-state index in [-0.39, 0.29) is 29.5 Å². The fraction of sp³-hybridized carbons (Fsp3) is 0.300. The molecule has 2 heterocycles. The zero-order chi connectivity index (χ0) is 19.5. The summed E-state index contributed by atoms with van der Waals surface area (Å²) >= 11 is 0. The highest BCUT2D eigenvalue weighted by Gasteiger charge is 2.45. The van der Waals surface area contributed by atoms with E-state index in [1.807, 2.05) is 32.0 Å². The van der Waals surface area contributed by atoms with Crippen molar-refractivity contribution in [1.82, 2.24) is 9.38 Å². The highest BCUT2D eigenvalue weighted by atomic mass is 19.1. The fourth-order valence-electron chi connectivity index (χ4n) is 3.51. The van der Waals surface area contributed by atoms with Gasteiger partial charge in [0.05, 0.1) is 5.92 Å². The van der Waals surface area contributed by atoms with Crippen molar-refractivity contribution >= 4 is 22.9 Å². The van der Waals surface area contributed by atoms with Crippen molar-refractivity contribution in [2.75, 3.05) is 24.7 Å². The number of imidazole rings is 1. The number of Topliss-reactive ketones (excluding diaryl/α,β-unsaturated/α-hetero) is 1. The smallest absolute Gasteiger partial charge is 0.189 e. The van der Waals surface area contributed by atoms with Crippen LogP contribution in [0.5, 0.6) is 0 Å². The molecule has 0 spiro atoms. The number of fused-ring (bicyclic) bond motifs is 1. The van der Waals surface area contributed by atoms with E-state index in [1.54, 1.807) is 16.7 Å². The lowest BCUT2D eigenvalue weighted by molar-refractivity contribution is 0.0952. The average Bonchev–Trinajstić information content (AvgIpc) is 3.25. The molecule has 0 unspecified atom stereocenters. The van der Waals surface area contributed by atoms with Crippen LogP contribution in [0, 0.1) is 18.7 Å². The number of carbonyl (C=O) groups is 1. The molecule has 1 aliphatic rings. The molecule has 0 radical (unpaired) electrons. The van der Waals surface area contributed by atoms with E-state index in [9.17, 15) is 13.6 Å². The van der Waals surface area contributed by atoms with Crippen molar-refractivity contribution in [2.45, 2.75) is 19.5 Å². The maximum atomic E-state index is 14.2. The van der Waals surface area contributed by atoms with Crippen molar-refractivity contribution in [3.8, 4) is 11.1 Å². The van der Waals surface area contributed by atoms with Crippen LogP contribution in [0.2, 0.25) is 0 Å². The van der Waals surface area contributed by atoms with Gasteiger partial charge >= 0.3 is 0 Å². The minimum Gasteiger partial charge on any atom is -0.382 e. The second kappa shape index (κ2) is 6.04. The molecule has 2 atom stereocenters. The van der Waals surface area contributed by atoms with Crippen LogP contribution in [0.3, 0.4) is 0 Å². The minimum absolute atomic E-state index is 0.0844. The normalized spacial score (nSPS) is 18.7. The number of nitrogen functional groups attached to an aromatic ring is 1. The van der Waals surface area contributed by atoms with Gasteiger partial charge in [-0.15, -0.1) is 0 Å². The summed E-state index contributed by atoms with van der Waals surface area (Å²) in [5, 5.41) is 0. The first-order chi connectivity index (χ1) is 12.8. The number of aromatic nitrogens is 2. The van der Waals surface area contributed by atoms with E-state index in [4.69, 9.17) is 5.73 Å². The molecule has 0 aliphatic heterocycles. The van der Waals surface area contributed by atoms with Gasteiger partial charge < -0.3 is 10.6 Å². The van der Waals surface area contributed by atoms with Gasteiger partial charge in [-0.05, 0) is 54.3 Å². The van der Waals surface area contributed by atoms with Gasteiger partial charge in [0.15, 0.2) is 11.6 Å². The predicted octanol–water partition coefficient (Wildman–Crippen LogP) is 3.64. The Labute approximate surface area is 155 Å². The minimum atomic E-state index is -1.11. The third-order valence-corrected chi connectivity index (χ3v) is 5.07. The number of carbonyl (C=O) groups excluding carboxylic acids is 1. The molecule has 1 aromatic carbocycles. The Balaban J connectivity index is 1.89. The molecule has 1 saturated carbocycles. The van der Waals surface area contributed by atoms with Crippen molar-refractivity contribution in [3.63, 3.8) is 0 Å². The highest BCUT2D eigenvalue weighted by molar-refractivity contribution is 6.03. The summed E-state index contributed by atoms with van der Waals surface area (Å²) in [6, 6.07) is 6.48. The van der Waals surface area contributed by atoms with Crippen molar-refractivity contribution in [1.29, 1.82) is 0 Å². The number of benzene rings is 1. The lowest BCUT2D eigenvalue weighted by Gasteiger charge is -2.19. The van der Waals surface area contributed by atoms with Crippen LogP contribution in [0.1, 0.15) is 22.5 Å². The number of ketones is 1. The van der Waals surface area contributed by atoms with Crippen LogP contribution in [0.25, 0.3) is 16.8 Å². The van der Waals surface area contributed by atoms with Gasteiger partial charge in [-0.3, -0.25) is 9.20 Å². The number of hydrogen-bond donors (Lipinski definition) is 1. The number of nitrogens with zero attached hydrogens (tertiary/aromatic N) is 3. The summed E-state index contributed by atoms with van der Waals surface area (Å²) in [6.07, 6.45) is 0.821. The Morgan fingerprint density at radius 1 is 1.33 bits per heavy atom. The van der Waals surface area contributed by atoms with E-state index in [0.29, 0.717) is 11.2 Å². The Hall–Kier alpha value is -2.96. The largest absolute Gasteiger partial charge is 0.382 e. The molecular formula is C20H20F2N4O. The molecular weight excluding hydrogens is 350 g/mol. The maximum Gasteiger partial charge on any atom is 0.189 e. The zero-order valence-corrected chi connectivity index (χ0v) is 15.3. The third-order valence-electron chi connectivity index (χ3n) is 5.07. The van der Waals surface area contributed by atoms with E-state index in [1.165, 1.54) is 12.1 Å². The van der Waals surface area contributed by atoms with Crippen LogP contribution in [0.4, 0.5) is 20.3 Å². The molecule has 0 bridgehead atoms. The van der Waals surface area contributed by atoms with Crippen molar-refractivity contribution in [3.05, 3.63) is 47.5 Å². The molecule has 140 valence electrons. The summed E-state index contributed by atoms with van der Waals surface area (Å²) in [5.41, 5.74) is 9.73. The number of nitrogens with two attached hydrogens (primary N) is 1. The standard InChI is InChI=1S/C20H20F2N4O/c1-10-13(6-12(21)7-16(10)25(2)3)11-4-5-17-24-20(23)18(26(17)9-11)19(27)14-8-15(14)22/h4-7,9,14-15H,8,23H2,1-3H3/t14-,15+/m1/s1. The second-order valence-corrected chi connectivity index (χ2v) is 7.21. The van der Waals surface area contributed by atoms with Crippen LogP contribution >= 0.6 is 0 Å². The molecule has 2 N–H and O–H groups in total. The predicted molar refractivity (Wildman–Crippen MR) is 101 cm³/mol. The van der Waals surface area contributed by atoms with Crippen LogP contribution in [-0.2, 0) is 0 Å². The number of anilines is 2. The maximum absolute atomic E-state index is 14.2. The van der Waals surface area contributed by atoms with Crippen LogP contribution in [-0.4, -0.2) is 35.4 Å². The second-order valence-electron chi connectivity index (χ2n) is 7.21. The van der Waals surface area contributed by atoms with E-state index >= 15 is 0 Å². The highest BCUT2D eigenvalue weighted by Crippen LogP contribution is 2.38. The quantitative estimate of drug-likeness (QED) is 0.712. The Morgan fingerprint density at radius 2 is 2.04 bits per heavy atom. The number of hydrogen-bond acceptors (Lipinski definition) is 4. The molecule has 1 aliphatic carbocycles. The van der Waals surface area contributed by atoms with E-state index in [0.717, 1.165) is 16.8 Å². The molecule has 2 aromatic heterocycles. The van der Waals surface area contributed by atoms with Crippen molar-refractivity contribution in [2.24, 2.45) is 5.92 Å². The third kappa shape index (κ3) is 2.83. The number of pyridine rings is 1. The lowest BCUT2D eigenvalue weighted by Crippen LogP contribution is -2.11. The molecule has 7 heteroatoms. The van der Waals surface area contributed by atoms with E-state index < -0.39 is 12.1 Å². The summed E-state index contributed by atoms with van der Waals surface area (Å²) < 4.78 is 29.1. The zero-order valence-electron chi connectivity index (χ0n) is 15.3. The molecule has 0 amide bonds. The molecule has 1 fully saturated rings. The number of rotatable bonds is 4. The summed E-state index contributed by atoms with van der Waals surface area (Å²) in [6.45, 7) is 1.92. The van der Waals surface area contributed by atoms with Crippen molar-refractivity contribution < 1.29 is 13.6 Å². The van der Waals surface area contributed by atoms with E-state index in [2.05, 4.69) is 4.98 Å². The van der Waals surface area contributed by atoms with Crippen LogP contribution < -0.4 is 10.6 Å². The summed E-state index contributed by atoms with van der Waals surface area (Å²) in [5.74, 6) is -1.25. The molecule has 3 aromatic rings. The Kier molecular flexibility index (Phi) is 3.91. The molecule has 5 nitrogen and oxygen atoms in total. The monoisotopic (exact) mass is 370 g/mol.